The molecule has 3 aromatic rings. The number of ether oxygens (including phenoxy) is 2. The van der Waals surface area contributed by atoms with E-state index in [9.17, 15) is 4.79 Å². The molecule has 28 heavy (non-hydrogen) atoms. The van der Waals surface area contributed by atoms with Crippen LogP contribution in [0.3, 0.4) is 0 Å². The normalized spacial score (nSPS) is 10.8. The number of nitrogens with zero attached hydrogens (tertiary/aromatic N) is 2. The Morgan fingerprint density at radius 2 is 1.79 bits per heavy atom. The fourth-order valence-electron chi connectivity index (χ4n) is 2.39. The molecule has 0 aliphatic heterocycles. The van der Waals surface area contributed by atoms with Crippen molar-refractivity contribution in [1.82, 2.24) is 4.98 Å². The number of aromatic nitrogens is 1. The molecule has 0 atom stereocenters. The fourth-order valence-corrected chi connectivity index (χ4v) is 2.39. The summed E-state index contributed by atoms with van der Waals surface area (Å²) in [6, 6.07) is 17.8. The molecule has 5 heteroatoms. The number of hydrogen-bond donors (Lipinski definition) is 0. The number of esters is 1. The Hall–Kier alpha value is -3.47. The molecule has 5 nitrogen and oxygen atoms in total. The fraction of sp³-hybridized carbons (Fsp3) is 0.174. The van der Waals surface area contributed by atoms with E-state index in [1.807, 2.05) is 12.1 Å². The number of benzene rings is 2. The zero-order valence-electron chi connectivity index (χ0n) is 15.7. The third kappa shape index (κ3) is 5.77. The molecule has 1 aromatic heterocycles. The van der Waals surface area contributed by atoms with Crippen LogP contribution in [0.2, 0.25) is 0 Å². The average molecular weight is 374 g/mol. The predicted octanol–water partition coefficient (Wildman–Crippen LogP) is 5.23. The van der Waals surface area contributed by atoms with Crippen LogP contribution in [-0.4, -0.2) is 23.8 Å². The average Bonchev–Trinajstić information content (AvgIpc) is 2.75. The van der Waals surface area contributed by atoms with Gasteiger partial charge in [-0.15, -0.1) is 0 Å². The Kier molecular flexibility index (Phi) is 6.90. The Balaban J connectivity index is 1.56. The lowest BCUT2D eigenvalue weighted by Gasteiger charge is -2.07. The smallest absolute Gasteiger partial charge is 0.343 e. The highest BCUT2D eigenvalue weighted by Gasteiger charge is 2.09. The highest BCUT2D eigenvalue weighted by atomic mass is 16.5. The van der Waals surface area contributed by atoms with Gasteiger partial charge in [0, 0.05) is 24.2 Å². The van der Waals surface area contributed by atoms with Crippen LogP contribution in [-0.2, 0) is 0 Å². The number of rotatable bonds is 8. The van der Waals surface area contributed by atoms with Crippen molar-refractivity contribution in [1.29, 1.82) is 0 Å². The molecule has 2 aromatic carbocycles. The van der Waals surface area contributed by atoms with Crippen LogP contribution in [0.25, 0.3) is 0 Å². The van der Waals surface area contributed by atoms with Crippen LogP contribution in [0.1, 0.15) is 35.7 Å². The highest BCUT2D eigenvalue weighted by Crippen LogP contribution is 2.20. The maximum absolute atomic E-state index is 12.3. The molecule has 1 heterocycles. The molecule has 0 spiro atoms. The lowest BCUT2D eigenvalue weighted by molar-refractivity contribution is 0.0734. The molecule has 0 fully saturated rings. The minimum Gasteiger partial charge on any atom is -0.494 e. The van der Waals surface area contributed by atoms with E-state index >= 15 is 0 Å². The van der Waals surface area contributed by atoms with E-state index < -0.39 is 5.97 Å². The van der Waals surface area contributed by atoms with Gasteiger partial charge in [0.15, 0.2) is 0 Å². The minimum absolute atomic E-state index is 0.410. The lowest BCUT2D eigenvalue weighted by atomic mass is 10.2. The quantitative estimate of drug-likeness (QED) is 0.234. The van der Waals surface area contributed by atoms with Crippen molar-refractivity contribution in [2.75, 3.05) is 6.61 Å². The number of hydrogen-bond acceptors (Lipinski definition) is 5. The van der Waals surface area contributed by atoms with E-state index in [-0.39, 0.29) is 0 Å². The van der Waals surface area contributed by atoms with E-state index in [4.69, 9.17) is 9.47 Å². The largest absolute Gasteiger partial charge is 0.494 e. The van der Waals surface area contributed by atoms with Gasteiger partial charge in [-0.25, -0.2) is 4.79 Å². The van der Waals surface area contributed by atoms with Crippen LogP contribution in [0.4, 0.5) is 5.69 Å². The summed E-state index contributed by atoms with van der Waals surface area (Å²) >= 11 is 0. The second-order valence-corrected chi connectivity index (χ2v) is 6.15. The van der Waals surface area contributed by atoms with Gasteiger partial charge in [-0.05, 0) is 61.0 Å². The van der Waals surface area contributed by atoms with E-state index in [0.717, 1.165) is 29.8 Å². The van der Waals surface area contributed by atoms with Crippen molar-refractivity contribution in [2.45, 2.75) is 19.8 Å². The maximum Gasteiger partial charge on any atom is 0.343 e. The summed E-state index contributed by atoms with van der Waals surface area (Å²) in [6.45, 7) is 2.79. The first-order valence-corrected chi connectivity index (χ1v) is 9.24. The molecule has 0 bridgehead atoms. The number of aliphatic imine (C=N–C) groups is 1. The SMILES string of the molecule is CCCCOc1ccc(C(=O)Oc2ccc(N=Cc3cccnc3)cc2)cc1. The van der Waals surface area contributed by atoms with Crippen LogP contribution >= 0.6 is 0 Å². The second-order valence-electron chi connectivity index (χ2n) is 6.15. The summed E-state index contributed by atoms with van der Waals surface area (Å²) in [5.41, 5.74) is 2.15. The standard InChI is InChI=1S/C23H22N2O3/c1-2-3-15-27-21-10-6-19(7-11-21)23(26)28-22-12-8-20(9-13-22)25-17-18-5-4-14-24-16-18/h4-14,16-17H,2-3,15H2,1H3. The summed E-state index contributed by atoms with van der Waals surface area (Å²) in [6.07, 6.45) is 7.27. The number of carbonyl (C=O) groups is 1. The van der Waals surface area contributed by atoms with Crippen LogP contribution < -0.4 is 9.47 Å². The summed E-state index contributed by atoms with van der Waals surface area (Å²) in [5, 5.41) is 0. The van der Waals surface area contributed by atoms with Crippen LogP contribution in [0.5, 0.6) is 11.5 Å². The maximum atomic E-state index is 12.3. The first-order chi connectivity index (χ1) is 13.7. The molecule has 3 rings (SSSR count). The van der Waals surface area contributed by atoms with Gasteiger partial charge < -0.3 is 9.47 Å². The zero-order valence-corrected chi connectivity index (χ0v) is 15.7. The zero-order chi connectivity index (χ0) is 19.6. The van der Waals surface area contributed by atoms with Crippen LogP contribution in [0.15, 0.2) is 78.0 Å². The van der Waals surface area contributed by atoms with E-state index in [0.29, 0.717) is 17.9 Å². The predicted molar refractivity (Wildman–Crippen MR) is 110 cm³/mol. The summed E-state index contributed by atoms with van der Waals surface area (Å²) in [5.74, 6) is 0.807. The van der Waals surface area contributed by atoms with Crippen LogP contribution in [0, 0.1) is 0 Å². The van der Waals surface area contributed by atoms with Gasteiger partial charge in [-0.1, -0.05) is 19.4 Å². The molecule has 0 saturated carbocycles. The van der Waals surface area contributed by atoms with E-state index in [1.165, 1.54) is 0 Å². The highest BCUT2D eigenvalue weighted by molar-refractivity contribution is 5.91. The van der Waals surface area contributed by atoms with Crippen molar-refractivity contribution in [2.24, 2.45) is 4.99 Å². The number of unbranched alkanes of at least 4 members (excludes halogenated alkanes) is 1. The molecular weight excluding hydrogens is 352 g/mol. The van der Waals surface area contributed by atoms with Crippen molar-refractivity contribution in [3.63, 3.8) is 0 Å². The number of carbonyl (C=O) groups excluding carboxylic acids is 1. The summed E-state index contributed by atoms with van der Waals surface area (Å²) in [4.78, 5) is 20.7. The molecule has 0 N–H and O–H groups in total. The molecule has 0 aliphatic rings. The third-order valence-electron chi connectivity index (χ3n) is 3.95. The number of pyridine rings is 1. The van der Waals surface area contributed by atoms with Gasteiger partial charge >= 0.3 is 5.97 Å². The molecule has 0 aliphatic carbocycles. The third-order valence-corrected chi connectivity index (χ3v) is 3.95. The van der Waals surface area contributed by atoms with Crippen molar-refractivity contribution >= 4 is 17.9 Å². The molecule has 142 valence electrons. The Morgan fingerprint density at radius 3 is 2.46 bits per heavy atom. The Morgan fingerprint density at radius 1 is 1.04 bits per heavy atom. The topological polar surface area (TPSA) is 60.8 Å². The minimum atomic E-state index is -0.410. The van der Waals surface area contributed by atoms with Gasteiger partial charge in [0.25, 0.3) is 0 Å². The van der Waals surface area contributed by atoms with Gasteiger partial charge in [0.1, 0.15) is 11.5 Å². The lowest BCUT2D eigenvalue weighted by Crippen LogP contribution is -2.08. The second kappa shape index (κ2) is 10.0. The van der Waals surface area contributed by atoms with Crippen molar-refractivity contribution in [3.8, 4) is 11.5 Å². The molecular formula is C23H22N2O3. The summed E-state index contributed by atoms with van der Waals surface area (Å²) < 4.78 is 11.0. The molecule has 0 unspecified atom stereocenters. The van der Waals surface area contributed by atoms with Crippen molar-refractivity contribution < 1.29 is 14.3 Å². The monoisotopic (exact) mass is 374 g/mol. The summed E-state index contributed by atoms with van der Waals surface area (Å²) in [7, 11) is 0. The first kappa shape index (κ1) is 19.3. The molecule has 0 saturated heterocycles. The van der Waals surface area contributed by atoms with Gasteiger partial charge in [0.2, 0.25) is 0 Å². The first-order valence-electron chi connectivity index (χ1n) is 9.24. The van der Waals surface area contributed by atoms with E-state index in [2.05, 4.69) is 16.9 Å². The van der Waals surface area contributed by atoms with E-state index in [1.54, 1.807) is 67.1 Å². The van der Waals surface area contributed by atoms with Gasteiger partial charge in [-0.3, -0.25) is 9.98 Å². The van der Waals surface area contributed by atoms with Gasteiger partial charge in [0.05, 0.1) is 17.9 Å². The van der Waals surface area contributed by atoms with Gasteiger partial charge in [-0.2, -0.15) is 0 Å². The molecule has 0 radical (unpaired) electrons. The Bertz CT molecular complexity index is 905. The Labute approximate surface area is 164 Å². The molecule has 0 amide bonds. The van der Waals surface area contributed by atoms with Crippen molar-refractivity contribution in [3.05, 3.63) is 84.2 Å².